The fraction of sp³-hybridized carbons (Fsp3) is 0.562. The molecule has 1 heterocycles. The van der Waals surface area contributed by atoms with Crippen molar-refractivity contribution in [3.63, 3.8) is 0 Å². The van der Waals surface area contributed by atoms with Crippen molar-refractivity contribution in [1.29, 1.82) is 5.41 Å². The molecule has 0 aliphatic carbocycles. The van der Waals surface area contributed by atoms with Crippen LogP contribution < -0.4 is 5.73 Å². The molecule has 0 amide bonds. The normalized spacial score (nSPS) is 20.4. The van der Waals surface area contributed by atoms with Crippen LogP contribution in [0.15, 0.2) is 24.3 Å². The van der Waals surface area contributed by atoms with Crippen LogP contribution >= 0.6 is 0 Å². The lowest BCUT2D eigenvalue weighted by Gasteiger charge is -2.35. The first kappa shape index (κ1) is 14.1. The molecule has 1 aromatic rings. The lowest BCUT2D eigenvalue weighted by atomic mass is 9.97. The minimum atomic E-state index is 0.158. The van der Waals surface area contributed by atoms with Crippen molar-refractivity contribution in [3.05, 3.63) is 35.4 Å². The number of likely N-dealkylation sites (tertiary alicyclic amines) is 1. The van der Waals surface area contributed by atoms with Crippen LogP contribution in [-0.4, -0.2) is 23.3 Å². The third-order valence-electron chi connectivity index (χ3n) is 3.99. The zero-order valence-electron chi connectivity index (χ0n) is 11.9. The second-order valence-electron chi connectivity index (χ2n) is 5.52. The number of piperidine rings is 1. The van der Waals surface area contributed by atoms with E-state index in [0.29, 0.717) is 0 Å². The third kappa shape index (κ3) is 3.80. The van der Waals surface area contributed by atoms with Gasteiger partial charge in [-0.05, 0) is 37.4 Å². The van der Waals surface area contributed by atoms with E-state index in [0.717, 1.165) is 18.2 Å². The van der Waals surface area contributed by atoms with Crippen LogP contribution in [-0.2, 0) is 6.54 Å². The Morgan fingerprint density at radius 3 is 3.00 bits per heavy atom. The largest absolute Gasteiger partial charge is 0.384 e. The molecule has 0 radical (unpaired) electrons. The van der Waals surface area contributed by atoms with Crippen molar-refractivity contribution in [2.45, 2.75) is 51.6 Å². The van der Waals surface area contributed by atoms with Gasteiger partial charge in [0.25, 0.3) is 0 Å². The van der Waals surface area contributed by atoms with E-state index in [2.05, 4.69) is 24.0 Å². The van der Waals surface area contributed by atoms with Gasteiger partial charge < -0.3 is 5.73 Å². The number of nitrogens with one attached hydrogen (secondary N) is 1. The van der Waals surface area contributed by atoms with E-state index in [1.54, 1.807) is 0 Å². The Kier molecular flexibility index (Phi) is 4.97. The van der Waals surface area contributed by atoms with Gasteiger partial charge in [-0.25, -0.2) is 0 Å². The van der Waals surface area contributed by atoms with Crippen molar-refractivity contribution >= 4 is 5.84 Å². The summed E-state index contributed by atoms with van der Waals surface area (Å²) in [5.74, 6) is 0.158. The summed E-state index contributed by atoms with van der Waals surface area (Å²) in [4.78, 5) is 2.60. The Morgan fingerprint density at radius 2 is 2.26 bits per heavy atom. The van der Waals surface area contributed by atoms with Gasteiger partial charge in [-0.2, -0.15) is 0 Å². The summed E-state index contributed by atoms with van der Waals surface area (Å²) in [5, 5.41) is 7.52. The molecule has 3 nitrogen and oxygen atoms in total. The van der Waals surface area contributed by atoms with Crippen molar-refractivity contribution in [3.8, 4) is 0 Å². The molecule has 19 heavy (non-hydrogen) atoms. The molecule has 1 fully saturated rings. The maximum atomic E-state index is 7.52. The minimum Gasteiger partial charge on any atom is -0.384 e. The van der Waals surface area contributed by atoms with Gasteiger partial charge in [0.2, 0.25) is 0 Å². The predicted molar refractivity (Wildman–Crippen MR) is 80.4 cm³/mol. The van der Waals surface area contributed by atoms with E-state index >= 15 is 0 Å². The van der Waals surface area contributed by atoms with E-state index < -0.39 is 0 Å². The van der Waals surface area contributed by atoms with Crippen molar-refractivity contribution in [2.75, 3.05) is 6.54 Å². The molecular weight excluding hydrogens is 234 g/mol. The lowest BCUT2D eigenvalue weighted by molar-refractivity contribution is 0.131. The average Bonchev–Trinajstić information content (AvgIpc) is 2.41. The highest BCUT2D eigenvalue weighted by Crippen LogP contribution is 2.23. The number of hydrogen-bond acceptors (Lipinski definition) is 2. The summed E-state index contributed by atoms with van der Waals surface area (Å²) in [6.45, 7) is 4.46. The number of benzene rings is 1. The zero-order valence-corrected chi connectivity index (χ0v) is 11.9. The van der Waals surface area contributed by atoms with Crippen LogP contribution in [0, 0.1) is 5.41 Å². The van der Waals surface area contributed by atoms with Gasteiger partial charge in [0.05, 0.1) is 0 Å². The Morgan fingerprint density at radius 1 is 1.42 bits per heavy atom. The predicted octanol–water partition coefficient (Wildman–Crippen LogP) is 3.13. The molecule has 1 aromatic carbocycles. The molecule has 0 aromatic heterocycles. The Bertz CT molecular complexity index is 426. The molecule has 3 N–H and O–H groups in total. The van der Waals surface area contributed by atoms with Gasteiger partial charge in [0.15, 0.2) is 0 Å². The van der Waals surface area contributed by atoms with Gasteiger partial charge in [-0.1, -0.05) is 38.0 Å². The van der Waals surface area contributed by atoms with E-state index in [1.807, 2.05) is 12.1 Å². The fourth-order valence-corrected chi connectivity index (χ4v) is 3.00. The van der Waals surface area contributed by atoms with Gasteiger partial charge in [0.1, 0.15) is 5.84 Å². The number of hydrogen-bond donors (Lipinski definition) is 2. The molecule has 1 aliphatic heterocycles. The summed E-state index contributed by atoms with van der Waals surface area (Å²) in [7, 11) is 0. The second-order valence-corrected chi connectivity index (χ2v) is 5.52. The number of nitrogens with zero attached hydrogens (tertiary/aromatic N) is 1. The molecular formula is C16H25N3. The summed E-state index contributed by atoms with van der Waals surface area (Å²) in [6, 6.07) is 8.85. The average molecular weight is 259 g/mol. The van der Waals surface area contributed by atoms with E-state index in [9.17, 15) is 0 Å². The monoisotopic (exact) mass is 259 g/mol. The van der Waals surface area contributed by atoms with Crippen LogP contribution in [0.1, 0.15) is 50.2 Å². The quantitative estimate of drug-likeness (QED) is 0.630. The number of nitrogens with two attached hydrogens (primary N) is 1. The molecule has 0 bridgehead atoms. The molecule has 104 valence electrons. The van der Waals surface area contributed by atoms with Crippen LogP contribution in [0.4, 0.5) is 0 Å². The zero-order chi connectivity index (χ0) is 13.7. The number of nitrogen functional groups attached to an aromatic ring is 1. The first-order chi connectivity index (χ1) is 9.20. The van der Waals surface area contributed by atoms with E-state index in [4.69, 9.17) is 11.1 Å². The lowest BCUT2D eigenvalue weighted by Crippen LogP contribution is -2.38. The van der Waals surface area contributed by atoms with Crippen LogP contribution in [0.2, 0.25) is 0 Å². The summed E-state index contributed by atoms with van der Waals surface area (Å²) >= 11 is 0. The van der Waals surface area contributed by atoms with Crippen molar-refractivity contribution < 1.29 is 0 Å². The van der Waals surface area contributed by atoms with Gasteiger partial charge in [-0.3, -0.25) is 10.3 Å². The fourth-order valence-electron chi connectivity index (χ4n) is 3.00. The Labute approximate surface area is 116 Å². The highest BCUT2D eigenvalue weighted by Gasteiger charge is 2.21. The minimum absolute atomic E-state index is 0.158. The van der Waals surface area contributed by atoms with Gasteiger partial charge >= 0.3 is 0 Å². The van der Waals surface area contributed by atoms with Crippen LogP contribution in [0.5, 0.6) is 0 Å². The SMILES string of the molecule is CCCC1CCCCN1Cc1cccc(C(=N)N)c1. The summed E-state index contributed by atoms with van der Waals surface area (Å²) < 4.78 is 0. The maximum Gasteiger partial charge on any atom is 0.122 e. The molecule has 0 saturated carbocycles. The van der Waals surface area contributed by atoms with Crippen LogP contribution in [0.3, 0.4) is 0 Å². The van der Waals surface area contributed by atoms with Crippen LogP contribution in [0.25, 0.3) is 0 Å². The molecule has 1 atom stereocenters. The van der Waals surface area contributed by atoms with Crippen molar-refractivity contribution in [2.24, 2.45) is 5.73 Å². The summed E-state index contributed by atoms with van der Waals surface area (Å²) in [6.07, 6.45) is 6.57. The highest BCUT2D eigenvalue weighted by molar-refractivity contribution is 5.95. The molecule has 1 saturated heterocycles. The maximum absolute atomic E-state index is 7.52. The standard InChI is InChI=1S/C16H25N3/c1-2-6-15-9-3-4-10-19(15)12-13-7-5-8-14(11-13)16(17)18/h5,7-8,11,15H,2-4,6,9-10,12H2,1H3,(H3,17,18). The molecule has 1 aliphatic rings. The topological polar surface area (TPSA) is 53.1 Å². The Hall–Kier alpha value is -1.35. The number of rotatable bonds is 5. The van der Waals surface area contributed by atoms with Crippen molar-refractivity contribution in [1.82, 2.24) is 4.90 Å². The molecule has 2 rings (SSSR count). The van der Waals surface area contributed by atoms with E-state index in [-0.39, 0.29) is 5.84 Å². The first-order valence-electron chi connectivity index (χ1n) is 7.38. The van der Waals surface area contributed by atoms with Gasteiger partial charge in [-0.15, -0.1) is 0 Å². The van der Waals surface area contributed by atoms with Gasteiger partial charge in [0, 0.05) is 18.2 Å². The summed E-state index contributed by atoms with van der Waals surface area (Å²) in [5.41, 5.74) is 7.67. The second kappa shape index (κ2) is 6.71. The first-order valence-corrected chi connectivity index (χ1v) is 7.38. The third-order valence-corrected chi connectivity index (χ3v) is 3.99. The highest BCUT2D eigenvalue weighted by atomic mass is 15.2. The molecule has 1 unspecified atom stereocenters. The molecule has 3 heteroatoms. The number of amidine groups is 1. The Balaban J connectivity index is 2.06. The molecule has 0 spiro atoms. The smallest absolute Gasteiger partial charge is 0.122 e. The van der Waals surface area contributed by atoms with E-state index in [1.165, 1.54) is 44.2 Å².